The van der Waals surface area contributed by atoms with Crippen molar-refractivity contribution in [2.45, 2.75) is 0 Å². The zero-order chi connectivity index (χ0) is 8.36. The average molecular weight is 166 g/mol. The van der Waals surface area contributed by atoms with Crippen LogP contribution in [0.15, 0.2) is 11.9 Å². The number of hydrogen-bond acceptors (Lipinski definition) is 3. The Bertz CT molecular complexity index is 202. The quantitative estimate of drug-likeness (QED) is 0.338. The Hall–Kier alpha value is -0.640. The van der Waals surface area contributed by atoms with Crippen LogP contribution in [0.5, 0.6) is 0 Å². The second-order valence-corrected chi connectivity index (χ2v) is 3.11. The highest BCUT2D eigenvalue weighted by Gasteiger charge is 2.25. The predicted octanol–water partition coefficient (Wildman–Crippen LogP) is -0.149. The summed E-state index contributed by atoms with van der Waals surface area (Å²) in [5.41, 5.74) is 0. The first-order valence-corrected chi connectivity index (χ1v) is 3.84. The van der Waals surface area contributed by atoms with Crippen molar-refractivity contribution in [3.8, 4) is 0 Å². The minimum atomic E-state index is -4.50. The fourth-order valence-corrected chi connectivity index (χ4v) is 0.566. The summed E-state index contributed by atoms with van der Waals surface area (Å²) in [5.74, 6) is -1.09. The van der Waals surface area contributed by atoms with Gasteiger partial charge in [-0.1, -0.05) is 6.58 Å². The third kappa shape index (κ3) is 2.31. The standard InChI is InChI=1S/C4H7O5P/c1-3(4(5)9-2)10(6,7)8/h1H2,2H3,(H2,6,7,8). The van der Waals surface area contributed by atoms with Gasteiger partial charge in [0, 0.05) is 0 Å². The molecule has 0 heterocycles. The van der Waals surface area contributed by atoms with Gasteiger partial charge in [-0.05, 0) is 0 Å². The second kappa shape index (κ2) is 2.96. The fourth-order valence-electron chi connectivity index (χ4n) is 0.237. The van der Waals surface area contributed by atoms with Gasteiger partial charge in [0.25, 0.3) is 0 Å². The smallest absolute Gasteiger partial charge is 0.362 e. The zero-order valence-corrected chi connectivity index (χ0v) is 6.17. The second-order valence-electron chi connectivity index (χ2n) is 1.48. The van der Waals surface area contributed by atoms with Crippen molar-refractivity contribution in [1.82, 2.24) is 0 Å². The number of esters is 1. The lowest BCUT2D eigenvalue weighted by Gasteiger charge is -2.03. The van der Waals surface area contributed by atoms with E-state index >= 15 is 0 Å². The van der Waals surface area contributed by atoms with Crippen LogP contribution in [0.3, 0.4) is 0 Å². The van der Waals surface area contributed by atoms with Crippen LogP contribution in [0.1, 0.15) is 0 Å². The molecule has 0 unspecified atom stereocenters. The van der Waals surface area contributed by atoms with Crippen molar-refractivity contribution < 1.29 is 23.9 Å². The normalized spacial score (nSPS) is 10.7. The van der Waals surface area contributed by atoms with Crippen molar-refractivity contribution in [3.05, 3.63) is 11.9 Å². The summed E-state index contributed by atoms with van der Waals surface area (Å²) in [6.45, 7) is 2.86. The van der Waals surface area contributed by atoms with Crippen LogP contribution in [0.2, 0.25) is 0 Å². The Kier molecular flexibility index (Phi) is 2.77. The molecule has 58 valence electrons. The number of methoxy groups -OCH3 is 1. The highest BCUT2D eigenvalue weighted by Crippen LogP contribution is 2.43. The summed E-state index contributed by atoms with van der Waals surface area (Å²) in [4.78, 5) is 26.9. The maximum atomic E-state index is 10.3. The van der Waals surface area contributed by atoms with E-state index in [4.69, 9.17) is 9.79 Å². The van der Waals surface area contributed by atoms with E-state index < -0.39 is 18.9 Å². The van der Waals surface area contributed by atoms with E-state index in [9.17, 15) is 9.36 Å². The van der Waals surface area contributed by atoms with Crippen LogP contribution in [-0.4, -0.2) is 22.9 Å². The van der Waals surface area contributed by atoms with Crippen molar-refractivity contribution in [2.75, 3.05) is 7.11 Å². The van der Waals surface area contributed by atoms with Gasteiger partial charge in [0.2, 0.25) is 0 Å². The molecule has 0 atom stereocenters. The maximum absolute atomic E-state index is 10.3. The first kappa shape index (κ1) is 9.36. The number of rotatable bonds is 2. The third-order valence-corrected chi connectivity index (χ3v) is 1.66. The number of hydrogen-bond donors (Lipinski definition) is 2. The minimum Gasteiger partial charge on any atom is -0.465 e. The lowest BCUT2D eigenvalue weighted by atomic mass is 10.6. The molecule has 0 bridgehead atoms. The van der Waals surface area contributed by atoms with E-state index in [1.165, 1.54) is 0 Å². The highest BCUT2D eigenvalue weighted by atomic mass is 31.2. The van der Waals surface area contributed by atoms with Crippen LogP contribution in [0.4, 0.5) is 0 Å². The molecule has 0 aliphatic rings. The molecule has 2 N–H and O–H groups in total. The lowest BCUT2D eigenvalue weighted by Crippen LogP contribution is -2.03. The molecule has 0 radical (unpaired) electrons. The third-order valence-electron chi connectivity index (χ3n) is 0.773. The van der Waals surface area contributed by atoms with Crippen molar-refractivity contribution in [1.29, 1.82) is 0 Å². The van der Waals surface area contributed by atoms with E-state index in [1.807, 2.05) is 0 Å². The molecule has 0 fully saturated rings. The van der Waals surface area contributed by atoms with E-state index in [1.54, 1.807) is 0 Å². The van der Waals surface area contributed by atoms with E-state index in [2.05, 4.69) is 11.3 Å². The number of carbonyl (C=O) groups is 1. The molecule has 6 heteroatoms. The van der Waals surface area contributed by atoms with Crippen LogP contribution >= 0.6 is 7.60 Å². The maximum Gasteiger partial charge on any atom is 0.362 e. The van der Waals surface area contributed by atoms with Crippen molar-refractivity contribution in [3.63, 3.8) is 0 Å². The highest BCUT2D eigenvalue weighted by molar-refractivity contribution is 7.57. The molecule has 0 aromatic rings. The Labute approximate surface area is 57.5 Å². The molecule has 0 aromatic carbocycles. The molecular formula is C4H7O5P. The van der Waals surface area contributed by atoms with Crippen molar-refractivity contribution >= 4 is 13.6 Å². The first-order valence-electron chi connectivity index (χ1n) is 2.23. The van der Waals surface area contributed by atoms with Gasteiger partial charge in [-0.2, -0.15) is 0 Å². The summed E-state index contributed by atoms with van der Waals surface area (Å²) in [6.07, 6.45) is 0. The largest absolute Gasteiger partial charge is 0.465 e. The molecule has 0 aliphatic heterocycles. The van der Waals surface area contributed by atoms with Crippen molar-refractivity contribution in [2.24, 2.45) is 0 Å². The Balaban J connectivity index is 4.40. The molecule has 0 spiro atoms. The van der Waals surface area contributed by atoms with E-state index in [-0.39, 0.29) is 0 Å². The molecule has 0 saturated carbocycles. The molecule has 10 heavy (non-hydrogen) atoms. The van der Waals surface area contributed by atoms with Crippen LogP contribution in [0, 0.1) is 0 Å². The molecule has 0 saturated heterocycles. The summed E-state index contributed by atoms with van der Waals surface area (Å²) < 4.78 is 14.2. The van der Waals surface area contributed by atoms with Crippen LogP contribution in [-0.2, 0) is 14.1 Å². The SMILES string of the molecule is C=C(C(=O)OC)P(=O)(O)O. The fraction of sp³-hybridized carbons (Fsp3) is 0.250. The summed E-state index contributed by atoms with van der Waals surface area (Å²) >= 11 is 0. The predicted molar refractivity (Wildman–Crippen MR) is 33.2 cm³/mol. The zero-order valence-electron chi connectivity index (χ0n) is 5.27. The first-order chi connectivity index (χ1) is 4.39. The van der Waals surface area contributed by atoms with Gasteiger partial charge in [0.15, 0.2) is 0 Å². The van der Waals surface area contributed by atoms with Gasteiger partial charge >= 0.3 is 13.6 Å². The molecule has 0 rings (SSSR count). The number of ether oxygens (including phenoxy) is 1. The lowest BCUT2D eigenvalue weighted by molar-refractivity contribution is -0.135. The molecule has 0 amide bonds. The van der Waals surface area contributed by atoms with Gasteiger partial charge in [0.05, 0.1) is 7.11 Å². The van der Waals surface area contributed by atoms with Crippen LogP contribution in [0.25, 0.3) is 0 Å². The van der Waals surface area contributed by atoms with Gasteiger partial charge < -0.3 is 14.5 Å². The van der Waals surface area contributed by atoms with E-state index in [0.29, 0.717) is 0 Å². The monoisotopic (exact) mass is 166 g/mol. The van der Waals surface area contributed by atoms with Gasteiger partial charge in [-0.25, -0.2) is 4.79 Å². The summed E-state index contributed by atoms with van der Waals surface area (Å²) in [5, 5.41) is -0.824. The Morgan fingerprint density at radius 2 is 2.00 bits per heavy atom. The summed E-state index contributed by atoms with van der Waals surface area (Å²) in [7, 11) is -3.48. The van der Waals surface area contributed by atoms with E-state index in [0.717, 1.165) is 7.11 Å². The molecular weight excluding hydrogens is 159 g/mol. The van der Waals surface area contributed by atoms with Crippen LogP contribution < -0.4 is 0 Å². The Morgan fingerprint density at radius 1 is 1.60 bits per heavy atom. The average Bonchev–Trinajstić information content (AvgIpc) is 1.83. The summed E-state index contributed by atoms with van der Waals surface area (Å²) in [6, 6.07) is 0. The number of carbonyl (C=O) groups excluding carboxylic acids is 1. The Morgan fingerprint density at radius 3 is 2.10 bits per heavy atom. The molecule has 0 aromatic heterocycles. The molecule has 0 aliphatic carbocycles. The minimum absolute atomic E-state index is 0.824. The van der Waals surface area contributed by atoms with Gasteiger partial charge in [-0.3, -0.25) is 4.57 Å². The van der Waals surface area contributed by atoms with Gasteiger partial charge in [-0.15, -0.1) is 0 Å². The van der Waals surface area contributed by atoms with Gasteiger partial charge in [0.1, 0.15) is 5.31 Å². The topological polar surface area (TPSA) is 83.8 Å². The molecule has 5 nitrogen and oxygen atoms in total.